The molecule has 0 bridgehead atoms. The minimum Gasteiger partial charge on any atom is -0.403 e. The first-order valence-corrected chi connectivity index (χ1v) is 8.68. The van der Waals surface area contributed by atoms with Gasteiger partial charge in [-0.05, 0) is 54.2 Å². The van der Waals surface area contributed by atoms with Crippen LogP contribution in [0.1, 0.15) is 10.4 Å². The van der Waals surface area contributed by atoms with Crippen molar-refractivity contribution < 1.29 is 22.4 Å². The summed E-state index contributed by atoms with van der Waals surface area (Å²) in [6.07, 6.45) is 0. The van der Waals surface area contributed by atoms with Gasteiger partial charge in [0.05, 0.1) is 0 Å². The SMILES string of the molecule is O=C(Nc1nnc(-c2cccc(Br)c2)o1)c1ccc(SC(F)(F)F)cc1. The van der Waals surface area contributed by atoms with Crippen LogP contribution in [0.25, 0.3) is 11.5 Å². The molecule has 0 spiro atoms. The lowest BCUT2D eigenvalue weighted by Crippen LogP contribution is -2.12. The average molecular weight is 444 g/mol. The monoisotopic (exact) mass is 443 g/mol. The number of rotatable bonds is 4. The maximum absolute atomic E-state index is 12.3. The maximum Gasteiger partial charge on any atom is 0.446 e. The fourth-order valence-corrected chi connectivity index (χ4v) is 2.93. The van der Waals surface area contributed by atoms with Crippen molar-refractivity contribution in [3.8, 4) is 11.5 Å². The number of nitrogens with one attached hydrogen (secondary N) is 1. The molecular formula is C16H9BrF3N3O2S. The van der Waals surface area contributed by atoms with E-state index in [-0.39, 0.29) is 34.1 Å². The third-order valence-corrected chi connectivity index (χ3v) is 4.30. The van der Waals surface area contributed by atoms with Gasteiger partial charge < -0.3 is 4.42 Å². The molecule has 0 aliphatic carbocycles. The van der Waals surface area contributed by atoms with Crippen LogP contribution >= 0.6 is 27.7 Å². The Hall–Kier alpha value is -2.33. The number of anilines is 1. The molecule has 1 heterocycles. The first-order valence-electron chi connectivity index (χ1n) is 7.07. The summed E-state index contributed by atoms with van der Waals surface area (Å²) in [5, 5.41) is 10.00. The first-order chi connectivity index (χ1) is 12.3. The topological polar surface area (TPSA) is 68.0 Å². The van der Waals surface area contributed by atoms with Crippen LogP contribution in [0.15, 0.2) is 62.3 Å². The minimum atomic E-state index is -4.38. The quantitative estimate of drug-likeness (QED) is 0.549. The highest BCUT2D eigenvalue weighted by Gasteiger charge is 2.29. The molecule has 0 atom stereocenters. The van der Waals surface area contributed by atoms with Crippen molar-refractivity contribution in [3.05, 3.63) is 58.6 Å². The summed E-state index contributed by atoms with van der Waals surface area (Å²) in [6.45, 7) is 0. The van der Waals surface area contributed by atoms with Crippen molar-refractivity contribution in [2.24, 2.45) is 0 Å². The first kappa shape index (κ1) is 18.5. The molecule has 26 heavy (non-hydrogen) atoms. The van der Waals surface area contributed by atoms with E-state index >= 15 is 0 Å². The average Bonchev–Trinajstić information content (AvgIpc) is 3.02. The van der Waals surface area contributed by atoms with E-state index in [9.17, 15) is 18.0 Å². The fourth-order valence-electron chi connectivity index (χ4n) is 1.99. The third-order valence-electron chi connectivity index (χ3n) is 3.07. The van der Waals surface area contributed by atoms with Gasteiger partial charge in [0.2, 0.25) is 5.89 Å². The van der Waals surface area contributed by atoms with Gasteiger partial charge in [-0.2, -0.15) is 13.2 Å². The molecule has 0 fully saturated rings. The van der Waals surface area contributed by atoms with Crippen molar-refractivity contribution in [3.63, 3.8) is 0 Å². The number of benzene rings is 2. The number of alkyl halides is 3. The van der Waals surface area contributed by atoms with Crippen molar-refractivity contribution in [1.29, 1.82) is 0 Å². The number of halogens is 4. The molecule has 0 radical (unpaired) electrons. The summed E-state index contributed by atoms with van der Waals surface area (Å²) in [5.41, 5.74) is -3.55. The van der Waals surface area contributed by atoms with E-state index in [0.717, 1.165) is 4.47 Å². The van der Waals surface area contributed by atoms with Crippen LogP contribution in [0.2, 0.25) is 0 Å². The number of hydrogen-bond donors (Lipinski definition) is 1. The predicted octanol–water partition coefficient (Wildman–Crippen LogP) is 5.36. The number of thioether (sulfide) groups is 1. The zero-order valence-electron chi connectivity index (χ0n) is 12.7. The number of amides is 1. The third kappa shape index (κ3) is 4.85. The minimum absolute atomic E-state index is 0.0104. The Morgan fingerprint density at radius 3 is 2.50 bits per heavy atom. The number of hydrogen-bond acceptors (Lipinski definition) is 5. The van der Waals surface area contributed by atoms with Crippen LogP contribution in [-0.4, -0.2) is 21.6 Å². The van der Waals surface area contributed by atoms with Crippen molar-refractivity contribution in [1.82, 2.24) is 10.2 Å². The highest BCUT2D eigenvalue weighted by Crippen LogP contribution is 2.36. The van der Waals surface area contributed by atoms with Crippen molar-refractivity contribution >= 4 is 39.6 Å². The number of carbonyl (C=O) groups is 1. The summed E-state index contributed by atoms with van der Waals surface area (Å²) in [5.74, 6) is -0.350. The van der Waals surface area contributed by atoms with Gasteiger partial charge in [0.1, 0.15) is 0 Å². The second kappa shape index (κ2) is 7.50. The van der Waals surface area contributed by atoms with Crippen LogP contribution in [0.4, 0.5) is 19.2 Å². The van der Waals surface area contributed by atoms with Gasteiger partial charge >= 0.3 is 11.5 Å². The van der Waals surface area contributed by atoms with Gasteiger partial charge in [-0.1, -0.05) is 27.1 Å². The van der Waals surface area contributed by atoms with Crippen molar-refractivity contribution in [2.75, 3.05) is 5.32 Å². The molecule has 3 aromatic rings. The summed E-state index contributed by atoms with van der Waals surface area (Å²) in [4.78, 5) is 12.1. The normalized spacial score (nSPS) is 11.4. The molecule has 0 saturated carbocycles. The van der Waals surface area contributed by atoms with E-state index in [2.05, 4.69) is 31.4 Å². The van der Waals surface area contributed by atoms with Crippen LogP contribution in [0, 0.1) is 0 Å². The molecule has 1 N–H and O–H groups in total. The van der Waals surface area contributed by atoms with Gasteiger partial charge in [0, 0.05) is 20.5 Å². The van der Waals surface area contributed by atoms with E-state index in [0.29, 0.717) is 5.56 Å². The Bertz CT molecular complexity index is 929. The Balaban J connectivity index is 1.69. The van der Waals surface area contributed by atoms with Gasteiger partial charge in [0.15, 0.2) is 0 Å². The molecule has 3 rings (SSSR count). The van der Waals surface area contributed by atoms with Crippen molar-refractivity contribution in [2.45, 2.75) is 10.4 Å². The maximum atomic E-state index is 12.3. The second-order valence-corrected chi connectivity index (χ2v) is 7.00. The van der Waals surface area contributed by atoms with Gasteiger partial charge in [-0.25, -0.2) is 0 Å². The van der Waals surface area contributed by atoms with Crippen LogP contribution < -0.4 is 5.32 Å². The summed E-state index contributed by atoms with van der Waals surface area (Å²) < 4.78 is 43.1. The lowest BCUT2D eigenvalue weighted by Gasteiger charge is -2.06. The molecule has 134 valence electrons. The smallest absolute Gasteiger partial charge is 0.403 e. The molecule has 5 nitrogen and oxygen atoms in total. The van der Waals surface area contributed by atoms with E-state index in [4.69, 9.17) is 4.42 Å². The standard InChI is InChI=1S/C16H9BrF3N3O2S/c17-11-3-1-2-10(8-11)14-22-23-15(25-14)21-13(24)9-4-6-12(7-5-9)26-16(18,19)20/h1-8H,(H,21,23,24). The van der Waals surface area contributed by atoms with Crippen LogP contribution in [-0.2, 0) is 0 Å². The summed E-state index contributed by atoms with van der Waals surface area (Å²) >= 11 is 3.08. The Morgan fingerprint density at radius 2 is 1.85 bits per heavy atom. The molecule has 1 amide bonds. The molecule has 0 unspecified atom stereocenters. The molecule has 0 aliphatic heterocycles. The summed E-state index contributed by atoms with van der Waals surface area (Å²) in [6, 6.07) is 12.1. The number of aromatic nitrogens is 2. The molecule has 1 aromatic heterocycles. The molecular weight excluding hydrogens is 435 g/mol. The number of carbonyl (C=O) groups excluding carboxylic acids is 1. The molecule has 0 saturated heterocycles. The largest absolute Gasteiger partial charge is 0.446 e. The van der Waals surface area contributed by atoms with E-state index in [1.807, 2.05) is 6.07 Å². The van der Waals surface area contributed by atoms with Crippen LogP contribution in [0.3, 0.4) is 0 Å². The zero-order chi connectivity index (χ0) is 18.7. The number of nitrogens with zero attached hydrogens (tertiary/aromatic N) is 2. The Labute approximate surface area is 158 Å². The van der Waals surface area contributed by atoms with Crippen LogP contribution in [0.5, 0.6) is 0 Å². The highest BCUT2D eigenvalue weighted by molar-refractivity contribution is 9.10. The molecule has 10 heteroatoms. The Kier molecular flexibility index (Phi) is 5.33. The lowest BCUT2D eigenvalue weighted by atomic mass is 10.2. The van der Waals surface area contributed by atoms with E-state index in [1.54, 1.807) is 18.2 Å². The predicted molar refractivity (Wildman–Crippen MR) is 93.7 cm³/mol. The fraction of sp³-hybridized carbons (Fsp3) is 0.0625. The molecule has 2 aromatic carbocycles. The van der Waals surface area contributed by atoms with Gasteiger partial charge in [0.25, 0.3) is 5.91 Å². The lowest BCUT2D eigenvalue weighted by molar-refractivity contribution is -0.0328. The summed E-state index contributed by atoms with van der Waals surface area (Å²) in [7, 11) is 0. The Morgan fingerprint density at radius 1 is 1.12 bits per heavy atom. The highest BCUT2D eigenvalue weighted by atomic mass is 79.9. The molecule has 0 aliphatic rings. The zero-order valence-corrected chi connectivity index (χ0v) is 15.2. The van der Waals surface area contributed by atoms with Gasteiger partial charge in [-0.3, -0.25) is 10.1 Å². The van der Waals surface area contributed by atoms with E-state index < -0.39 is 11.4 Å². The second-order valence-electron chi connectivity index (χ2n) is 4.95. The van der Waals surface area contributed by atoms with E-state index in [1.165, 1.54) is 24.3 Å². The van der Waals surface area contributed by atoms with Gasteiger partial charge in [-0.15, -0.1) is 5.10 Å².